The third-order valence-corrected chi connectivity index (χ3v) is 4.55. The Morgan fingerprint density at radius 1 is 1.33 bits per heavy atom. The van der Waals surface area contributed by atoms with Crippen LogP contribution < -0.4 is 5.69 Å². The van der Waals surface area contributed by atoms with Crippen LogP contribution in [0.2, 0.25) is 0 Å². The van der Waals surface area contributed by atoms with Gasteiger partial charge in [0, 0.05) is 23.7 Å². The van der Waals surface area contributed by atoms with Crippen LogP contribution in [0.3, 0.4) is 0 Å². The number of nitrogens with zero attached hydrogens (tertiary/aromatic N) is 2. The fourth-order valence-corrected chi connectivity index (χ4v) is 3.11. The van der Waals surface area contributed by atoms with E-state index in [4.69, 9.17) is 0 Å². The highest BCUT2D eigenvalue weighted by Gasteiger charge is 2.42. The molecule has 3 aromatic rings. The van der Waals surface area contributed by atoms with Crippen LogP contribution in [-0.4, -0.2) is 19.6 Å². The Balaban J connectivity index is 1.57. The predicted molar refractivity (Wildman–Crippen MR) is 87.5 cm³/mol. The van der Waals surface area contributed by atoms with Crippen LogP contribution in [0.5, 0.6) is 5.88 Å². The highest BCUT2D eigenvalue weighted by Crippen LogP contribution is 2.51. The Bertz CT molecular complexity index is 959. The molecule has 1 saturated carbocycles. The number of H-pyrrole nitrogens is 1. The molecule has 0 saturated heterocycles. The van der Waals surface area contributed by atoms with E-state index in [1.165, 1.54) is 16.8 Å². The molecule has 1 aliphatic rings. The molecule has 5 nitrogen and oxygen atoms in total. The number of halogens is 1. The third-order valence-electron chi connectivity index (χ3n) is 4.55. The highest BCUT2D eigenvalue weighted by molar-refractivity contribution is 5.60. The lowest BCUT2D eigenvalue weighted by Crippen LogP contribution is -2.15. The van der Waals surface area contributed by atoms with E-state index in [1.54, 1.807) is 25.3 Å². The van der Waals surface area contributed by atoms with E-state index >= 15 is 0 Å². The van der Waals surface area contributed by atoms with Gasteiger partial charge in [0.2, 0.25) is 5.88 Å². The van der Waals surface area contributed by atoms with Gasteiger partial charge in [-0.3, -0.25) is 9.55 Å². The number of hydrogen-bond donors (Lipinski definition) is 2. The van der Waals surface area contributed by atoms with Crippen LogP contribution in [0.15, 0.2) is 47.5 Å². The molecule has 2 N–H and O–H groups in total. The number of imidazole rings is 1. The van der Waals surface area contributed by atoms with Crippen LogP contribution in [0, 0.1) is 12.7 Å². The van der Waals surface area contributed by atoms with Gasteiger partial charge in [0.1, 0.15) is 5.82 Å². The summed E-state index contributed by atoms with van der Waals surface area (Å²) in [5, 5.41) is 9.73. The summed E-state index contributed by atoms with van der Waals surface area (Å²) < 4.78 is 14.7. The highest BCUT2D eigenvalue weighted by atomic mass is 19.1. The number of aryl methyl sites for hydroxylation is 1. The second kappa shape index (κ2) is 5.33. The normalized spacial score (nSPS) is 19.4. The Morgan fingerprint density at radius 3 is 2.79 bits per heavy atom. The summed E-state index contributed by atoms with van der Waals surface area (Å²) in [4.78, 5) is 18.6. The first-order chi connectivity index (χ1) is 11.5. The lowest BCUT2D eigenvalue weighted by molar-refractivity contribution is 0.413. The number of aromatic hydroxyl groups is 1. The number of nitrogens with one attached hydrogen (secondary N) is 1. The maximum absolute atomic E-state index is 13.4. The molecule has 0 unspecified atom stereocenters. The number of aromatic nitrogens is 3. The molecule has 4 rings (SSSR count). The summed E-state index contributed by atoms with van der Waals surface area (Å²) in [5.74, 6) is -0.104. The summed E-state index contributed by atoms with van der Waals surface area (Å²) in [6, 6.07) is 8.76. The van der Waals surface area contributed by atoms with Gasteiger partial charge in [-0.05, 0) is 48.7 Å². The van der Waals surface area contributed by atoms with Gasteiger partial charge in [-0.25, -0.2) is 9.18 Å². The van der Waals surface area contributed by atoms with E-state index in [2.05, 4.69) is 9.97 Å². The number of aromatic amines is 1. The molecule has 6 heteroatoms. The van der Waals surface area contributed by atoms with Crippen molar-refractivity contribution in [2.24, 2.45) is 0 Å². The number of hydrogen-bond acceptors (Lipinski definition) is 3. The molecule has 2 heterocycles. The van der Waals surface area contributed by atoms with Crippen molar-refractivity contribution >= 4 is 0 Å². The molecule has 0 bridgehead atoms. The van der Waals surface area contributed by atoms with E-state index in [-0.39, 0.29) is 29.3 Å². The fraction of sp³-hybridized carbons (Fsp3) is 0.222. The van der Waals surface area contributed by atoms with Gasteiger partial charge in [0.15, 0.2) is 0 Å². The molecule has 1 fully saturated rings. The molecular formula is C18H16FN3O2. The second-order valence-corrected chi connectivity index (χ2v) is 6.17. The quantitative estimate of drug-likeness (QED) is 0.777. The zero-order chi connectivity index (χ0) is 16.8. The van der Waals surface area contributed by atoms with E-state index < -0.39 is 0 Å². The number of rotatable bonds is 3. The molecule has 0 amide bonds. The average molecular weight is 325 g/mol. The van der Waals surface area contributed by atoms with Crippen molar-refractivity contribution in [3.8, 4) is 17.1 Å². The van der Waals surface area contributed by atoms with Gasteiger partial charge in [0.05, 0.1) is 11.9 Å². The van der Waals surface area contributed by atoms with Gasteiger partial charge < -0.3 is 10.1 Å². The van der Waals surface area contributed by atoms with Gasteiger partial charge in [-0.1, -0.05) is 6.07 Å². The molecule has 2 atom stereocenters. The smallest absolute Gasteiger partial charge is 0.328 e. The fourth-order valence-electron chi connectivity index (χ4n) is 3.11. The van der Waals surface area contributed by atoms with Gasteiger partial charge in [-0.2, -0.15) is 0 Å². The van der Waals surface area contributed by atoms with Crippen LogP contribution in [0.25, 0.3) is 11.3 Å². The van der Waals surface area contributed by atoms with Crippen molar-refractivity contribution in [1.82, 2.24) is 14.5 Å². The molecule has 0 aliphatic heterocycles. The zero-order valence-corrected chi connectivity index (χ0v) is 13.0. The van der Waals surface area contributed by atoms with Crippen molar-refractivity contribution in [2.75, 3.05) is 0 Å². The first kappa shape index (κ1) is 14.7. The summed E-state index contributed by atoms with van der Waals surface area (Å²) in [6.07, 6.45) is 3.88. The first-order valence-corrected chi connectivity index (χ1v) is 7.76. The van der Waals surface area contributed by atoms with Crippen LogP contribution >= 0.6 is 0 Å². The third kappa shape index (κ3) is 2.40. The maximum atomic E-state index is 13.4. The molecule has 24 heavy (non-hydrogen) atoms. The van der Waals surface area contributed by atoms with Crippen molar-refractivity contribution in [1.29, 1.82) is 0 Å². The minimum atomic E-state index is -0.300. The monoisotopic (exact) mass is 325 g/mol. The van der Waals surface area contributed by atoms with Gasteiger partial charge >= 0.3 is 5.69 Å². The summed E-state index contributed by atoms with van der Waals surface area (Å²) in [7, 11) is 0. The maximum Gasteiger partial charge on any atom is 0.328 e. The van der Waals surface area contributed by atoms with Gasteiger partial charge in [0.25, 0.3) is 0 Å². The summed E-state index contributed by atoms with van der Waals surface area (Å²) >= 11 is 0. The number of benzene rings is 1. The molecule has 0 spiro atoms. The topological polar surface area (TPSA) is 70.9 Å². The molecule has 1 aliphatic carbocycles. The first-order valence-electron chi connectivity index (χ1n) is 7.76. The Morgan fingerprint density at radius 2 is 2.17 bits per heavy atom. The van der Waals surface area contributed by atoms with E-state index in [9.17, 15) is 14.3 Å². The Labute approximate surface area is 137 Å². The van der Waals surface area contributed by atoms with Crippen molar-refractivity contribution in [3.05, 3.63) is 70.2 Å². The summed E-state index contributed by atoms with van der Waals surface area (Å²) in [6.45, 7) is 1.73. The zero-order valence-electron chi connectivity index (χ0n) is 13.0. The molecule has 0 radical (unpaired) electrons. The number of pyridine rings is 1. The Hall–Kier alpha value is -2.89. The van der Waals surface area contributed by atoms with E-state index in [0.29, 0.717) is 5.56 Å². The largest absolute Gasteiger partial charge is 0.493 e. The van der Waals surface area contributed by atoms with Crippen LogP contribution in [0.1, 0.15) is 29.5 Å². The van der Waals surface area contributed by atoms with Gasteiger partial charge in [-0.15, -0.1) is 0 Å². The van der Waals surface area contributed by atoms with Crippen molar-refractivity contribution in [2.45, 2.75) is 25.3 Å². The predicted octanol–water partition coefficient (Wildman–Crippen LogP) is 3.12. The standard InChI is InChI=1S/C18H16FN3O2/c1-10-6-11(2-4-14(10)19)15-5-3-12(8-20-15)13-7-16(13)22-17(23)9-21-18(22)24/h2-6,8-9,13,16,23H,7H2,1H3,(H,21,24)/t13-,16+/m0/s1. The lowest BCUT2D eigenvalue weighted by atomic mass is 10.1. The average Bonchev–Trinajstić information content (AvgIpc) is 3.29. The molecular weight excluding hydrogens is 309 g/mol. The van der Waals surface area contributed by atoms with Crippen LogP contribution in [-0.2, 0) is 0 Å². The molecule has 122 valence electrons. The second-order valence-electron chi connectivity index (χ2n) is 6.17. The lowest BCUT2D eigenvalue weighted by Gasteiger charge is -2.06. The van der Waals surface area contributed by atoms with E-state index in [1.807, 2.05) is 12.1 Å². The molecule has 2 aromatic heterocycles. The van der Waals surface area contributed by atoms with Crippen molar-refractivity contribution in [3.63, 3.8) is 0 Å². The summed E-state index contributed by atoms with van der Waals surface area (Å²) in [5.41, 5.74) is 2.96. The minimum Gasteiger partial charge on any atom is -0.493 e. The van der Waals surface area contributed by atoms with Crippen LogP contribution in [0.4, 0.5) is 4.39 Å². The van der Waals surface area contributed by atoms with E-state index in [0.717, 1.165) is 23.2 Å². The molecule has 1 aromatic carbocycles. The van der Waals surface area contributed by atoms with Crippen molar-refractivity contribution < 1.29 is 9.50 Å². The SMILES string of the molecule is Cc1cc(-c2ccc([C@@H]3C[C@H]3n3c(O)c[nH]c3=O)cn2)ccc1F. The minimum absolute atomic E-state index is 0.0375. The Kier molecular flexibility index (Phi) is 3.26.